The van der Waals surface area contributed by atoms with Crippen LogP contribution < -0.4 is 15.6 Å². The Hall–Kier alpha value is -3.33. The first kappa shape index (κ1) is 21.4. The molecular weight excluding hydrogens is 423 g/mol. The smallest absolute Gasteiger partial charge is 0.405 e. The fourth-order valence-electron chi connectivity index (χ4n) is 2.60. The topological polar surface area (TPSA) is 73.2 Å². The number of amides is 1. The van der Waals surface area contributed by atoms with Gasteiger partial charge in [-0.15, -0.1) is 13.2 Å². The lowest BCUT2D eigenvalue weighted by molar-refractivity contribution is -0.274. The first-order valence-corrected chi connectivity index (χ1v) is 9.02. The van der Waals surface area contributed by atoms with Crippen LogP contribution in [0.5, 0.6) is 5.75 Å². The molecule has 1 amide bonds. The van der Waals surface area contributed by atoms with Crippen LogP contribution in [0.4, 0.5) is 13.2 Å². The molecule has 0 aliphatic carbocycles. The molecule has 0 bridgehead atoms. The molecule has 0 spiro atoms. The van der Waals surface area contributed by atoms with Gasteiger partial charge in [0.15, 0.2) is 0 Å². The molecule has 2 aromatic carbocycles. The average Bonchev–Trinajstić information content (AvgIpc) is 2.68. The van der Waals surface area contributed by atoms with E-state index < -0.39 is 23.6 Å². The molecule has 0 atom stereocenters. The van der Waals surface area contributed by atoms with Crippen LogP contribution in [0, 0.1) is 0 Å². The second-order valence-electron chi connectivity index (χ2n) is 6.18. The third kappa shape index (κ3) is 5.84. The van der Waals surface area contributed by atoms with Gasteiger partial charge in [0.25, 0.3) is 5.56 Å². The van der Waals surface area contributed by atoms with E-state index in [1.54, 1.807) is 24.3 Å². The van der Waals surface area contributed by atoms with Crippen LogP contribution in [-0.2, 0) is 17.9 Å². The predicted octanol–water partition coefficient (Wildman–Crippen LogP) is 3.78. The molecule has 0 saturated heterocycles. The first-order valence-electron chi connectivity index (χ1n) is 8.64. The number of nitrogens with one attached hydrogen (secondary N) is 1. The quantitative estimate of drug-likeness (QED) is 0.637. The fourth-order valence-corrected chi connectivity index (χ4v) is 2.73. The van der Waals surface area contributed by atoms with E-state index in [1.165, 1.54) is 30.6 Å². The van der Waals surface area contributed by atoms with Gasteiger partial charge < -0.3 is 10.1 Å². The van der Waals surface area contributed by atoms with Gasteiger partial charge in [-0.25, -0.2) is 4.98 Å². The normalized spacial score (nSPS) is 11.2. The van der Waals surface area contributed by atoms with Gasteiger partial charge in [-0.3, -0.25) is 14.2 Å². The zero-order chi connectivity index (χ0) is 21.7. The number of aromatic nitrogens is 2. The van der Waals surface area contributed by atoms with E-state index in [1.807, 2.05) is 0 Å². The van der Waals surface area contributed by atoms with Gasteiger partial charge in [-0.05, 0) is 18.2 Å². The van der Waals surface area contributed by atoms with Crippen LogP contribution >= 0.6 is 11.6 Å². The highest BCUT2D eigenvalue weighted by Gasteiger charge is 2.31. The van der Waals surface area contributed by atoms with Crippen molar-refractivity contribution < 1.29 is 22.7 Å². The Labute approximate surface area is 173 Å². The van der Waals surface area contributed by atoms with E-state index in [4.69, 9.17) is 11.6 Å². The molecule has 1 N–H and O–H groups in total. The number of ether oxygens (including phenoxy) is 1. The molecule has 0 unspecified atom stereocenters. The SMILES string of the molecule is O=C(Cn1cnc(-c2ccc(Cl)cc2)cc1=O)NCc1ccccc1OC(F)(F)F. The number of nitrogens with zero attached hydrogens (tertiary/aromatic N) is 2. The predicted molar refractivity (Wildman–Crippen MR) is 104 cm³/mol. The number of carbonyl (C=O) groups excluding carboxylic acids is 1. The van der Waals surface area contributed by atoms with Crippen LogP contribution in [0.15, 0.2) is 65.7 Å². The van der Waals surface area contributed by atoms with E-state index >= 15 is 0 Å². The Morgan fingerprint density at radius 1 is 1.13 bits per heavy atom. The summed E-state index contributed by atoms with van der Waals surface area (Å²) in [6, 6.07) is 13.5. The summed E-state index contributed by atoms with van der Waals surface area (Å²) in [6.45, 7) is -0.537. The summed E-state index contributed by atoms with van der Waals surface area (Å²) in [5.41, 5.74) is 0.804. The number of benzene rings is 2. The highest BCUT2D eigenvalue weighted by Crippen LogP contribution is 2.26. The van der Waals surface area contributed by atoms with Gasteiger partial charge >= 0.3 is 6.36 Å². The average molecular weight is 438 g/mol. The first-order chi connectivity index (χ1) is 14.2. The maximum atomic E-state index is 12.5. The lowest BCUT2D eigenvalue weighted by Crippen LogP contribution is -2.32. The van der Waals surface area contributed by atoms with Gasteiger partial charge in [0.1, 0.15) is 12.3 Å². The Morgan fingerprint density at radius 2 is 1.83 bits per heavy atom. The third-order valence-electron chi connectivity index (χ3n) is 4.01. The van der Waals surface area contributed by atoms with Crippen molar-refractivity contribution in [2.45, 2.75) is 19.5 Å². The van der Waals surface area contributed by atoms with Crippen LogP contribution in [0.2, 0.25) is 5.02 Å². The molecule has 1 aromatic heterocycles. The van der Waals surface area contributed by atoms with E-state index in [2.05, 4.69) is 15.0 Å². The molecule has 6 nitrogen and oxygen atoms in total. The molecule has 3 aromatic rings. The maximum Gasteiger partial charge on any atom is 0.573 e. The number of rotatable bonds is 6. The van der Waals surface area contributed by atoms with E-state index in [0.717, 1.165) is 10.6 Å². The largest absolute Gasteiger partial charge is 0.573 e. The minimum absolute atomic E-state index is 0.145. The van der Waals surface area contributed by atoms with Gasteiger partial charge in [-0.1, -0.05) is 41.9 Å². The molecule has 1 heterocycles. The number of para-hydroxylation sites is 1. The van der Waals surface area contributed by atoms with Gasteiger partial charge in [0.05, 0.1) is 12.0 Å². The molecule has 0 saturated carbocycles. The number of carbonyl (C=O) groups is 1. The minimum atomic E-state index is -4.84. The second kappa shape index (κ2) is 9.00. The van der Waals surface area contributed by atoms with E-state index in [9.17, 15) is 22.8 Å². The lowest BCUT2D eigenvalue weighted by Gasteiger charge is -2.14. The number of alkyl halides is 3. The Morgan fingerprint density at radius 3 is 2.50 bits per heavy atom. The van der Waals surface area contributed by atoms with Crippen LogP contribution in [-0.4, -0.2) is 21.8 Å². The van der Waals surface area contributed by atoms with Gasteiger partial charge in [-0.2, -0.15) is 0 Å². The summed E-state index contributed by atoms with van der Waals surface area (Å²) >= 11 is 5.83. The van der Waals surface area contributed by atoms with E-state index in [-0.39, 0.29) is 18.7 Å². The molecular formula is C20H15ClF3N3O3. The zero-order valence-electron chi connectivity index (χ0n) is 15.3. The standard InChI is InChI=1S/C20H15ClF3N3O3/c21-15-7-5-13(6-8-15)16-9-19(29)27(12-26-16)11-18(28)25-10-14-3-1-2-4-17(14)30-20(22,23)24/h1-9,12H,10-11H2,(H,25,28). The maximum absolute atomic E-state index is 12.5. The summed E-state index contributed by atoms with van der Waals surface area (Å²) in [6.07, 6.45) is -3.61. The molecule has 3 rings (SSSR count). The molecule has 0 fully saturated rings. The Bertz CT molecular complexity index is 1100. The summed E-state index contributed by atoms with van der Waals surface area (Å²) in [4.78, 5) is 28.6. The van der Waals surface area contributed by atoms with E-state index in [0.29, 0.717) is 16.3 Å². The van der Waals surface area contributed by atoms with Gasteiger partial charge in [0.2, 0.25) is 5.91 Å². The van der Waals surface area contributed by atoms with Crippen LogP contribution in [0.25, 0.3) is 11.3 Å². The van der Waals surface area contributed by atoms with Crippen molar-refractivity contribution in [1.82, 2.24) is 14.9 Å². The zero-order valence-corrected chi connectivity index (χ0v) is 16.1. The molecule has 0 radical (unpaired) electrons. The Kier molecular flexibility index (Phi) is 6.41. The van der Waals surface area contributed by atoms with Crippen molar-refractivity contribution in [1.29, 1.82) is 0 Å². The summed E-state index contributed by atoms with van der Waals surface area (Å²) < 4.78 is 42.4. The van der Waals surface area contributed by atoms with Crippen molar-refractivity contribution in [3.63, 3.8) is 0 Å². The molecule has 30 heavy (non-hydrogen) atoms. The molecule has 156 valence electrons. The van der Waals surface area contributed by atoms with Crippen molar-refractivity contribution in [3.8, 4) is 17.0 Å². The van der Waals surface area contributed by atoms with Crippen LogP contribution in [0.3, 0.4) is 0 Å². The van der Waals surface area contributed by atoms with Gasteiger partial charge in [0, 0.05) is 28.8 Å². The third-order valence-corrected chi connectivity index (χ3v) is 4.26. The van der Waals surface area contributed by atoms with Crippen molar-refractivity contribution in [3.05, 3.63) is 81.9 Å². The summed E-state index contributed by atoms with van der Waals surface area (Å²) in [7, 11) is 0. The number of halogens is 4. The highest BCUT2D eigenvalue weighted by atomic mass is 35.5. The summed E-state index contributed by atoms with van der Waals surface area (Å²) in [5, 5.41) is 3.01. The minimum Gasteiger partial charge on any atom is -0.405 e. The monoisotopic (exact) mass is 437 g/mol. The Balaban J connectivity index is 1.65. The van der Waals surface area contributed by atoms with Crippen LogP contribution in [0.1, 0.15) is 5.56 Å². The fraction of sp³-hybridized carbons (Fsp3) is 0.150. The highest BCUT2D eigenvalue weighted by molar-refractivity contribution is 6.30. The number of hydrogen-bond donors (Lipinski definition) is 1. The van der Waals surface area contributed by atoms with Crippen molar-refractivity contribution in [2.24, 2.45) is 0 Å². The summed E-state index contributed by atoms with van der Waals surface area (Å²) in [5.74, 6) is -0.976. The lowest BCUT2D eigenvalue weighted by atomic mass is 10.1. The van der Waals surface area contributed by atoms with Crippen molar-refractivity contribution in [2.75, 3.05) is 0 Å². The molecule has 0 aliphatic heterocycles. The molecule has 0 aliphatic rings. The number of hydrogen-bond acceptors (Lipinski definition) is 4. The van der Waals surface area contributed by atoms with Crippen molar-refractivity contribution >= 4 is 17.5 Å². The molecule has 10 heteroatoms. The second-order valence-corrected chi connectivity index (χ2v) is 6.62.